The lowest BCUT2D eigenvalue weighted by Gasteiger charge is -2.15. The zero-order valence-electron chi connectivity index (χ0n) is 10.7. The predicted molar refractivity (Wildman–Crippen MR) is 69.1 cm³/mol. The lowest BCUT2D eigenvalue weighted by atomic mass is 9.97. The molecule has 0 amide bonds. The van der Waals surface area contributed by atoms with Crippen molar-refractivity contribution in [3.63, 3.8) is 0 Å². The van der Waals surface area contributed by atoms with Crippen LogP contribution in [0.3, 0.4) is 0 Å². The highest BCUT2D eigenvalue weighted by Gasteiger charge is 2.16. The topological polar surface area (TPSA) is 29.5 Å². The summed E-state index contributed by atoms with van der Waals surface area (Å²) in [6.45, 7) is 0. The molecule has 0 fully saturated rings. The van der Waals surface area contributed by atoms with E-state index in [0.717, 1.165) is 24.8 Å². The highest BCUT2D eigenvalue weighted by atomic mass is 19.1. The summed E-state index contributed by atoms with van der Waals surface area (Å²) >= 11 is 0. The van der Waals surface area contributed by atoms with E-state index in [9.17, 15) is 9.50 Å². The maximum absolute atomic E-state index is 13.3. The molecule has 0 aliphatic heterocycles. The Hall–Kier alpha value is -1.35. The summed E-state index contributed by atoms with van der Waals surface area (Å²) in [6.07, 6.45) is 6.92. The summed E-state index contributed by atoms with van der Waals surface area (Å²) in [5.74, 6) is -0.218. The summed E-state index contributed by atoms with van der Waals surface area (Å²) in [5.41, 5.74) is 1.74. The van der Waals surface area contributed by atoms with Gasteiger partial charge in [0.2, 0.25) is 0 Å². The molecule has 1 aromatic carbocycles. The first-order chi connectivity index (χ1) is 8.72. The van der Waals surface area contributed by atoms with Crippen molar-refractivity contribution in [1.29, 1.82) is 0 Å². The van der Waals surface area contributed by atoms with E-state index in [1.54, 1.807) is 12.1 Å². The van der Waals surface area contributed by atoms with Gasteiger partial charge in [-0.15, -0.1) is 0 Å². The fraction of sp³-hybridized carbons (Fsp3) is 0.467. The van der Waals surface area contributed by atoms with E-state index in [4.69, 9.17) is 4.74 Å². The van der Waals surface area contributed by atoms with Crippen LogP contribution in [0.5, 0.6) is 5.75 Å². The van der Waals surface area contributed by atoms with Crippen molar-refractivity contribution in [2.75, 3.05) is 7.11 Å². The third kappa shape index (κ3) is 2.91. The molecule has 18 heavy (non-hydrogen) atoms. The van der Waals surface area contributed by atoms with E-state index < -0.39 is 11.9 Å². The van der Waals surface area contributed by atoms with Gasteiger partial charge in [0.1, 0.15) is 6.10 Å². The zero-order chi connectivity index (χ0) is 13.0. The summed E-state index contributed by atoms with van der Waals surface area (Å²) in [7, 11) is 1.43. The maximum atomic E-state index is 13.3. The summed E-state index contributed by atoms with van der Waals surface area (Å²) in [5, 5.41) is 10.3. The number of hydrogen-bond acceptors (Lipinski definition) is 2. The van der Waals surface area contributed by atoms with Crippen LogP contribution in [0.4, 0.5) is 4.39 Å². The van der Waals surface area contributed by atoms with Crippen LogP contribution >= 0.6 is 0 Å². The third-order valence-electron chi connectivity index (χ3n) is 3.42. The molecule has 2 rings (SSSR count). The normalized spacial score (nSPS) is 17.8. The number of methoxy groups -OCH3 is 1. The molecule has 1 unspecified atom stereocenters. The van der Waals surface area contributed by atoms with Gasteiger partial charge < -0.3 is 9.84 Å². The SMILES string of the molecule is COc1cc(C(O)C2=CCCCCC2)ccc1F. The third-order valence-corrected chi connectivity index (χ3v) is 3.42. The van der Waals surface area contributed by atoms with Gasteiger partial charge in [0, 0.05) is 0 Å². The number of aliphatic hydroxyl groups excluding tert-OH is 1. The fourth-order valence-electron chi connectivity index (χ4n) is 2.35. The number of rotatable bonds is 3. The average Bonchev–Trinajstić information content (AvgIpc) is 2.67. The highest BCUT2D eigenvalue weighted by molar-refractivity contribution is 5.35. The van der Waals surface area contributed by atoms with Crippen LogP contribution in [0, 0.1) is 5.82 Å². The molecule has 0 bridgehead atoms. The number of hydrogen-bond donors (Lipinski definition) is 1. The molecule has 0 aromatic heterocycles. The van der Waals surface area contributed by atoms with Crippen molar-refractivity contribution >= 4 is 0 Å². The van der Waals surface area contributed by atoms with Crippen LogP contribution in [0.1, 0.15) is 43.8 Å². The molecule has 0 saturated carbocycles. The Kier molecular flexibility index (Phi) is 4.37. The Morgan fingerprint density at radius 2 is 2.11 bits per heavy atom. The van der Waals surface area contributed by atoms with E-state index in [0.29, 0.717) is 5.56 Å². The van der Waals surface area contributed by atoms with Gasteiger partial charge in [0.25, 0.3) is 0 Å². The minimum absolute atomic E-state index is 0.181. The Morgan fingerprint density at radius 1 is 1.28 bits per heavy atom. The quantitative estimate of drug-likeness (QED) is 0.828. The van der Waals surface area contributed by atoms with Crippen molar-refractivity contribution < 1.29 is 14.2 Å². The van der Waals surface area contributed by atoms with Crippen LogP contribution < -0.4 is 4.74 Å². The van der Waals surface area contributed by atoms with Crippen LogP contribution in [0.15, 0.2) is 29.8 Å². The first-order valence-electron chi connectivity index (χ1n) is 6.43. The number of halogens is 1. The second-order valence-corrected chi connectivity index (χ2v) is 4.67. The van der Waals surface area contributed by atoms with Crippen molar-refractivity contribution in [2.45, 2.75) is 38.2 Å². The molecule has 0 saturated heterocycles. The Morgan fingerprint density at radius 3 is 2.89 bits per heavy atom. The van der Waals surface area contributed by atoms with E-state index in [-0.39, 0.29) is 5.75 Å². The monoisotopic (exact) mass is 250 g/mol. The van der Waals surface area contributed by atoms with Gasteiger partial charge in [-0.25, -0.2) is 4.39 Å². The first-order valence-corrected chi connectivity index (χ1v) is 6.43. The van der Waals surface area contributed by atoms with E-state index >= 15 is 0 Å². The molecule has 3 heteroatoms. The van der Waals surface area contributed by atoms with Crippen LogP contribution in [-0.4, -0.2) is 12.2 Å². The second-order valence-electron chi connectivity index (χ2n) is 4.67. The Bertz CT molecular complexity index is 440. The van der Waals surface area contributed by atoms with Crippen LogP contribution in [-0.2, 0) is 0 Å². The molecule has 2 nitrogen and oxygen atoms in total. The molecule has 1 N–H and O–H groups in total. The van der Waals surface area contributed by atoms with Gasteiger partial charge >= 0.3 is 0 Å². The molecular weight excluding hydrogens is 231 g/mol. The summed E-state index contributed by atoms with van der Waals surface area (Å²) in [4.78, 5) is 0. The molecule has 0 radical (unpaired) electrons. The fourth-order valence-corrected chi connectivity index (χ4v) is 2.35. The zero-order valence-corrected chi connectivity index (χ0v) is 10.7. The lowest BCUT2D eigenvalue weighted by Crippen LogP contribution is -2.02. The summed E-state index contributed by atoms with van der Waals surface area (Å²) < 4.78 is 18.3. The largest absolute Gasteiger partial charge is 0.494 e. The molecule has 98 valence electrons. The van der Waals surface area contributed by atoms with Gasteiger partial charge in [0.05, 0.1) is 7.11 Å². The smallest absolute Gasteiger partial charge is 0.165 e. The summed E-state index contributed by atoms with van der Waals surface area (Å²) in [6, 6.07) is 4.54. The standard InChI is InChI=1S/C15H19FO2/c1-18-14-10-12(8-9-13(14)16)15(17)11-6-4-2-3-5-7-11/h6,8-10,15,17H,2-5,7H2,1H3. The van der Waals surface area contributed by atoms with Crippen molar-refractivity contribution in [3.8, 4) is 5.75 Å². The van der Waals surface area contributed by atoms with Gasteiger partial charge in [0.15, 0.2) is 11.6 Å². The van der Waals surface area contributed by atoms with Gasteiger partial charge in [-0.3, -0.25) is 0 Å². The van der Waals surface area contributed by atoms with Gasteiger partial charge in [-0.05, 0) is 49.0 Å². The average molecular weight is 250 g/mol. The van der Waals surface area contributed by atoms with E-state index in [1.165, 1.54) is 26.0 Å². The molecule has 1 aliphatic carbocycles. The van der Waals surface area contributed by atoms with Crippen LogP contribution in [0.25, 0.3) is 0 Å². The van der Waals surface area contributed by atoms with Gasteiger partial charge in [-0.2, -0.15) is 0 Å². The molecular formula is C15H19FO2. The lowest BCUT2D eigenvalue weighted by molar-refractivity contribution is 0.210. The number of benzene rings is 1. The predicted octanol–water partition coefficient (Wildman–Crippen LogP) is 3.76. The second kappa shape index (κ2) is 6.01. The Balaban J connectivity index is 2.22. The molecule has 0 heterocycles. The van der Waals surface area contributed by atoms with Gasteiger partial charge in [-0.1, -0.05) is 18.6 Å². The van der Waals surface area contributed by atoms with Crippen molar-refractivity contribution in [3.05, 3.63) is 41.2 Å². The minimum Gasteiger partial charge on any atom is -0.494 e. The molecule has 1 aliphatic rings. The maximum Gasteiger partial charge on any atom is 0.165 e. The molecule has 1 atom stereocenters. The number of allylic oxidation sites excluding steroid dienone is 1. The highest BCUT2D eigenvalue weighted by Crippen LogP contribution is 2.31. The van der Waals surface area contributed by atoms with E-state index in [2.05, 4.69) is 6.08 Å². The first kappa shape index (κ1) is 13.1. The number of aliphatic hydroxyl groups is 1. The number of ether oxygens (including phenoxy) is 1. The minimum atomic E-state index is -0.641. The van der Waals surface area contributed by atoms with Crippen molar-refractivity contribution in [2.24, 2.45) is 0 Å². The molecule has 0 spiro atoms. The van der Waals surface area contributed by atoms with E-state index in [1.807, 2.05) is 0 Å². The van der Waals surface area contributed by atoms with Crippen molar-refractivity contribution in [1.82, 2.24) is 0 Å². The Labute approximate surface area is 107 Å². The molecule has 1 aromatic rings. The van der Waals surface area contributed by atoms with Crippen LogP contribution in [0.2, 0.25) is 0 Å².